The fraction of sp³-hybridized carbons (Fsp3) is 0.538. The van der Waals surface area contributed by atoms with Crippen molar-refractivity contribution in [2.24, 2.45) is 5.73 Å². The first kappa shape index (κ1) is 11.4. The maximum Gasteiger partial charge on any atom is 0.119 e. The van der Waals surface area contributed by atoms with Crippen LogP contribution >= 0.6 is 0 Å². The molecule has 0 saturated heterocycles. The fourth-order valence-corrected chi connectivity index (χ4v) is 2.10. The number of ether oxygens (including phenoxy) is 2. The summed E-state index contributed by atoms with van der Waals surface area (Å²) in [5, 5.41) is 0. The smallest absolute Gasteiger partial charge is 0.119 e. The molecule has 0 radical (unpaired) electrons. The zero-order valence-electron chi connectivity index (χ0n) is 9.69. The van der Waals surface area contributed by atoms with Crippen molar-refractivity contribution in [3.8, 4) is 5.75 Å². The van der Waals surface area contributed by atoms with Gasteiger partial charge in [-0.25, -0.2) is 0 Å². The Morgan fingerprint density at radius 2 is 2.25 bits per heavy atom. The Bertz CT molecular complexity index is 340. The molecular weight excluding hydrogens is 202 g/mol. The molecule has 0 spiro atoms. The Morgan fingerprint density at radius 3 is 2.94 bits per heavy atom. The molecule has 2 unspecified atom stereocenters. The number of hydrogen-bond acceptors (Lipinski definition) is 3. The molecule has 0 aromatic heterocycles. The summed E-state index contributed by atoms with van der Waals surface area (Å²) >= 11 is 0. The number of nitrogens with two attached hydrogens (primary N) is 1. The fourth-order valence-electron chi connectivity index (χ4n) is 2.10. The van der Waals surface area contributed by atoms with Crippen molar-refractivity contribution >= 4 is 0 Å². The van der Waals surface area contributed by atoms with Crippen molar-refractivity contribution in [1.29, 1.82) is 0 Å². The zero-order chi connectivity index (χ0) is 11.4. The summed E-state index contributed by atoms with van der Waals surface area (Å²) in [5.41, 5.74) is 6.99. The highest BCUT2D eigenvalue weighted by Crippen LogP contribution is 2.22. The minimum Gasteiger partial charge on any atom is -0.497 e. The third-order valence-corrected chi connectivity index (χ3v) is 3.04. The molecular formula is C13H19NO2. The molecule has 3 nitrogen and oxygen atoms in total. The van der Waals surface area contributed by atoms with Crippen molar-refractivity contribution in [2.75, 3.05) is 7.11 Å². The van der Waals surface area contributed by atoms with Crippen molar-refractivity contribution in [3.63, 3.8) is 0 Å². The summed E-state index contributed by atoms with van der Waals surface area (Å²) in [6.07, 6.45) is 3.50. The van der Waals surface area contributed by atoms with E-state index in [0.29, 0.717) is 18.8 Å². The van der Waals surface area contributed by atoms with Crippen LogP contribution in [0.4, 0.5) is 0 Å². The first-order valence-electron chi connectivity index (χ1n) is 5.78. The van der Waals surface area contributed by atoms with Gasteiger partial charge < -0.3 is 15.2 Å². The summed E-state index contributed by atoms with van der Waals surface area (Å²) in [7, 11) is 1.68. The maximum atomic E-state index is 5.84. The number of methoxy groups -OCH3 is 1. The lowest BCUT2D eigenvalue weighted by Crippen LogP contribution is -2.17. The molecule has 1 aliphatic carbocycles. The topological polar surface area (TPSA) is 44.5 Å². The van der Waals surface area contributed by atoms with Crippen molar-refractivity contribution in [3.05, 3.63) is 29.8 Å². The number of rotatable bonds is 4. The predicted molar refractivity (Wildman–Crippen MR) is 63.4 cm³/mol. The molecule has 1 aliphatic rings. The van der Waals surface area contributed by atoms with E-state index in [4.69, 9.17) is 15.2 Å². The van der Waals surface area contributed by atoms with Crippen LogP contribution in [0.1, 0.15) is 24.8 Å². The molecule has 0 bridgehead atoms. The van der Waals surface area contributed by atoms with E-state index in [2.05, 4.69) is 6.07 Å². The second kappa shape index (κ2) is 5.32. The monoisotopic (exact) mass is 221 g/mol. The van der Waals surface area contributed by atoms with E-state index in [1.165, 1.54) is 0 Å². The molecule has 1 aromatic carbocycles. The summed E-state index contributed by atoms with van der Waals surface area (Å²) in [5.74, 6) is 0.879. The van der Waals surface area contributed by atoms with E-state index >= 15 is 0 Å². The molecule has 1 saturated carbocycles. The van der Waals surface area contributed by atoms with Gasteiger partial charge in [0.25, 0.3) is 0 Å². The molecule has 0 aliphatic heterocycles. The van der Waals surface area contributed by atoms with E-state index in [-0.39, 0.29) is 0 Å². The van der Waals surface area contributed by atoms with Crippen LogP contribution in [0.25, 0.3) is 0 Å². The molecule has 0 heterocycles. The van der Waals surface area contributed by atoms with Crippen molar-refractivity contribution < 1.29 is 9.47 Å². The number of hydrogen-bond donors (Lipinski definition) is 1. The first-order valence-corrected chi connectivity index (χ1v) is 5.78. The second-order valence-corrected chi connectivity index (χ2v) is 4.36. The highest BCUT2D eigenvalue weighted by atomic mass is 16.5. The van der Waals surface area contributed by atoms with Crippen LogP contribution in [-0.2, 0) is 11.3 Å². The average molecular weight is 221 g/mol. The molecule has 1 aromatic rings. The maximum absolute atomic E-state index is 5.84. The lowest BCUT2D eigenvalue weighted by Gasteiger charge is -2.12. The molecule has 1 fully saturated rings. The third kappa shape index (κ3) is 2.97. The van der Waals surface area contributed by atoms with Gasteiger partial charge in [0.1, 0.15) is 5.75 Å². The van der Waals surface area contributed by atoms with Gasteiger partial charge in [0.05, 0.1) is 19.8 Å². The van der Waals surface area contributed by atoms with E-state index < -0.39 is 0 Å². The highest BCUT2D eigenvalue weighted by molar-refractivity contribution is 5.27. The second-order valence-electron chi connectivity index (χ2n) is 4.36. The van der Waals surface area contributed by atoms with Gasteiger partial charge in [-0.2, -0.15) is 0 Å². The van der Waals surface area contributed by atoms with Crippen LogP contribution in [0, 0.1) is 0 Å². The van der Waals surface area contributed by atoms with Gasteiger partial charge in [0.2, 0.25) is 0 Å². The lowest BCUT2D eigenvalue weighted by molar-refractivity contribution is 0.0447. The van der Waals surface area contributed by atoms with Crippen molar-refractivity contribution in [1.82, 2.24) is 0 Å². The SMILES string of the molecule is COc1cccc(COC2CCC(N)C2)c1. The average Bonchev–Trinajstić information content (AvgIpc) is 2.73. The summed E-state index contributed by atoms with van der Waals surface area (Å²) in [4.78, 5) is 0. The summed E-state index contributed by atoms with van der Waals surface area (Å²) < 4.78 is 11.0. The van der Waals surface area contributed by atoms with Gasteiger partial charge in [-0.05, 0) is 37.0 Å². The van der Waals surface area contributed by atoms with Crippen LogP contribution in [0.3, 0.4) is 0 Å². The van der Waals surface area contributed by atoms with E-state index in [9.17, 15) is 0 Å². The van der Waals surface area contributed by atoms with Gasteiger partial charge >= 0.3 is 0 Å². The third-order valence-electron chi connectivity index (χ3n) is 3.04. The van der Waals surface area contributed by atoms with Crippen LogP contribution in [0.2, 0.25) is 0 Å². The van der Waals surface area contributed by atoms with Gasteiger partial charge in [-0.15, -0.1) is 0 Å². The van der Waals surface area contributed by atoms with Crippen LogP contribution in [-0.4, -0.2) is 19.3 Å². The van der Waals surface area contributed by atoms with Gasteiger partial charge in [-0.3, -0.25) is 0 Å². The Labute approximate surface area is 96.5 Å². The minimum absolute atomic E-state index is 0.329. The zero-order valence-corrected chi connectivity index (χ0v) is 9.69. The molecule has 0 amide bonds. The van der Waals surface area contributed by atoms with Crippen LogP contribution in [0.5, 0.6) is 5.75 Å². The Kier molecular flexibility index (Phi) is 3.80. The Hall–Kier alpha value is -1.06. The van der Waals surface area contributed by atoms with Crippen LogP contribution < -0.4 is 10.5 Å². The van der Waals surface area contributed by atoms with E-state index in [0.717, 1.165) is 30.6 Å². The minimum atomic E-state index is 0.329. The van der Waals surface area contributed by atoms with E-state index in [1.54, 1.807) is 7.11 Å². The largest absolute Gasteiger partial charge is 0.497 e. The Balaban J connectivity index is 1.84. The van der Waals surface area contributed by atoms with Gasteiger partial charge in [-0.1, -0.05) is 12.1 Å². The molecule has 2 N–H and O–H groups in total. The van der Waals surface area contributed by atoms with E-state index in [1.807, 2.05) is 18.2 Å². The Morgan fingerprint density at radius 1 is 1.38 bits per heavy atom. The quantitative estimate of drug-likeness (QED) is 0.846. The lowest BCUT2D eigenvalue weighted by atomic mass is 10.2. The van der Waals surface area contributed by atoms with Gasteiger partial charge in [0.15, 0.2) is 0 Å². The van der Waals surface area contributed by atoms with Gasteiger partial charge in [0, 0.05) is 6.04 Å². The first-order chi connectivity index (χ1) is 7.78. The number of benzene rings is 1. The highest BCUT2D eigenvalue weighted by Gasteiger charge is 2.21. The molecule has 88 valence electrons. The predicted octanol–water partition coefficient (Wildman–Crippen LogP) is 2.09. The summed E-state index contributed by atoms with van der Waals surface area (Å²) in [6.45, 7) is 0.647. The summed E-state index contributed by atoms with van der Waals surface area (Å²) in [6, 6.07) is 8.31. The normalized spacial score (nSPS) is 24.6. The molecule has 2 rings (SSSR count). The molecule has 3 heteroatoms. The van der Waals surface area contributed by atoms with Crippen molar-refractivity contribution in [2.45, 2.75) is 38.0 Å². The molecule has 2 atom stereocenters. The van der Waals surface area contributed by atoms with Crippen LogP contribution in [0.15, 0.2) is 24.3 Å². The molecule has 16 heavy (non-hydrogen) atoms. The standard InChI is InChI=1S/C13H19NO2/c1-15-12-4-2-3-10(7-12)9-16-13-6-5-11(14)8-13/h2-4,7,11,13H,5-6,8-9,14H2,1H3.